The number of aliphatic hydroxyl groups is 1. The average molecular weight is 293 g/mol. The summed E-state index contributed by atoms with van der Waals surface area (Å²) in [6.07, 6.45) is 4.82. The van der Waals surface area contributed by atoms with Crippen LogP contribution >= 0.6 is 11.5 Å². The summed E-state index contributed by atoms with van der Waals surface area (Å²) < 4.78 is 26.9. The van der Waals surface area contributed by atoms with Crippen LogP contribution in [0.4, 0.5) is 10.8 Å². The molecule has 0 amide bonds. The van der Waals surface area contributed by atoms with E-state index in [4.69, 9.17) is 10.8 Å². The Kier molecular flexibility index (Phi) is 5.83. The Morgan fingerprint density at radius 2 is 2.00 bits per heavy atom. The molecule has 104 valence electrons. The number of sulfone groups is 1. The van der Waals surface area contributed by atoms with Crippen LogP contribution in [-0.2, 0) is 9.84 Å². The Balaban J connectivity index is 2.49. The molecule has 0 spiro atoms. The zero-order chi connectivity index (χ0) is 13.6. The number of aromatic nitrogens is 1. The molecule has 0 aliphatic heterocycles. The van der Waals surface area contributed by atoms with Gasteiger partial charge >= 0.3 is 0 Å². The Hall–Kier alpha value is -0.860. The second-order valence-corrected chi connectivity index (χ2v) is 6.79. The predicted octanol–water partition coefficient (Wildman–Crippen LogP) is 1.09. The van der Waals surface area contributed by atoms with E-state index in [1.807, 2.05) is 0 Å². The molecule has 18 heavy (non-hydrogen) atoms. The summed E-state index contributed by atoms with van der Waals surface area (Å²) >= 11 is 1.07. The van der Waals surface area contributed by atoms with Gasteiger partial charge in [0.1, 0.15) is 9.90 Å². The summed E-state index contributed by atoms with van der Waals surface area (Å²) in [7, 11) is -3.34. The lowest BCUT2D eigenvalue weighted by atomic mass is 10.2. The SMILES string of the molecule is CS(=O)(=O)c1c(N)nsc1NCCCCCCO. The van der Waals surface area contributed by atoms with Crippen LogP contribution in [0.15, 0.2) is 4.90 Å². The number of nitrogens with one attached hydrogen (secondary N) is 1. The largest absolute Gasteiger partial charge is 0.396 e. The summed E-state index contributed by atoms with van der Waals surface area (Å²) in [5.41, 5.74) is 5.55. The van der Waals surface area contributed by atoms with Gasteiger partial charge in [-0.25, -0.2) is 8.42 Å². The van der Waals surface area contributed by atoms with Crippen LogP contribution in [0.3, 0.4) is 0 Å². The minimum Gasteiger partial charge on any atom is -0.396 e. The van der Waals surface area contributed by atoms with Gasteiger partial charge in [-0.05, 0) is 24.4 Å². The van der Waals surface area contributed by atoms with Gasteiger partial charge in [0.15, 0.2) is 15.7 Å². The summed E-state index contributed by atoms with van der Waals surface area (Å²) in [5, 5.41) is 12.2. The first kappa shape index (κ1) is 15.2. The highest BCUT2D eigenvalue weighted by Crippen LogP contribution is 2.31. The first-order valence-electron chi connectivity index (χ1n) is 5.76. The molecule has 1 aromatic heterocycles. The Bertz CT molecular complexity index is 471. The molecule has 0 saturated heterocycles. The molecule has 1 rings (SSSR count). The van der Waals surface area contributed by atoms with E-state index in [2.05, 4.69) is 9.69 Å². The van der Waals surface area contributed by atoms with Gasteiger partial charge in [0.25, 0.3) is 0 Å². The lowest BCUT2D eigenvalue weighted by molar-refractivity contribution is 0.283. The number of anilines is 2. The monoisotopic (exact) mass is 293 g/mol. The highest BCUT2D eigenvalue weighted by Gasteiger charge is 2.20. The fraction of sp³-hybridized carbons (Fsp3) is 0.700. The van der Waals surface area contributed by atoms with Crippen LogP contribution in [0.5, 0.6) is 0 Å². The van der Waals surface area contributed by atoms with Crippen molar-refractivity contribution in [3.05, 3.63) is 0 Å². The van der Waals surface area contributed by atoms with E-state index in [9.17, 15) is 8.42 Å². The quantitative estimate of drug-likeness (QED) is 0.620. The maximum Gasteiger partial charge on any atom is 0.182 e. The molecule has 1 heterocycles. The average Bonchev–Trinajstić information content (AvgIpc) is 2.64. The van der Waals surface area contributed by atoms with Crippen molar-refractivity contribution in [1.82, 2.24) is 4.37 Å². The molecule has 1 aromatic rings. The summed E-state index contributed by atoms with van der Waals surface area (Å²) in [5.74, 6) is 0.0604. The van der Waals surface area contributed by atoms with E-state index in [0.717, 1.165) is 43.5 Å². The zero-order valence-electron chi connectivity index (χ0n) is 10.3. The number of hydrogen-bond acceptors (Lipinski definition) is 7. The number of nitrogens with zero attached hydrogens (tertiary/aromatic N) is 1. The van der Waals surface area contributed by atoms with E-state index >= 15 is 0 Å². The standard InChI is InChI=1S/C10H19N3O3S2/c1-18(15,16)8-9(11)13-17-10(8)12-6-4-2-3-5-7-14/h12,14H,2-7H2,1H3,(H2,11,13). The molecule has 0 radical (unpaired) electrons. The molecule has 0 saturated carbocycles. The van der Waals surface area contributed by atoms with Gasteiger partial charge in [0, 0.05) is 19.4 Å². The number of nitrogens with two attached hydrogens (primary N) is 1. The minimum atomic E-state index is -3.34. The van der Waals surface area contributed by atoms with Gasteiger partial charge in [-0.3, -0.25) is 0 Å². The molecule has 8 heteroatoms. The summed E-state index contributed by atoms with van der Waals surface area (Å²) in [6.45, 7) is 0.895. The smallest absolute Gasteiger partial charge is 0.182 e. The van der Waals surface area contributed by atoms with Crippen LogP contribution in [0, 0.1) is 0 Å². The predicted molar refractivity (Wildman–Crippen MR) is 73.7 cm³/mol. The third kappa shape index (κ3) is 4.43. The van der Waals surface area contributed by atoms with E-state index in [-0.39, 0.29) is 17.3 Å². The van der Waals surface area contributed by atoms with Crippen LogP contribution in [-0.4, -0.2) is 37.3 Å². The fourth-order valence-electron chi connectivity index (χ4n) is 1.56. The normalized spacial score (nSPS) is 11.7. The lowest BCUT2D eigenvalue weighted by Crippen LogP contribution is -2.06. The van der Waals surface area contributed by atoms with Crippen LogP contribution in [0.25, 0.3) is 0 Å². The number of unbranched alkanes of at least 4 members (excludes halogenated alkanes) is 3. The van der Waals surface area contributed by atoms with Crippen molar-refractivity contribution >= 4 is 32.2 Å². The highest BCUT2D eigenvalue weighted by molar-refractivity contribution is 7.91. The maximum absolute atomic E-state index is 11.5. The molecule has 0 unspecified atom stereocenters. The van der Waals surface area contributed by atoms with Gasteiger partial charge in [-0.2, -0.15) is 4.37 Å². The first-order valence-corrected chi connectivity index (χ1v) is 8.43. The lowest BCUT2D eigenvalue weighted by Gasteiger charge is -2.05. The third-order valence-electron chi connectivity index (χ3n) is 2.42. The van der Waals surface area contributed by atoms with Crippen LogP contribution in [0.1, 0.15) is 25.7 Å². The van der Waals surface area contributed by atoms with E-state index in [0.29, 0.717) is 11.5 Å². The Labute approximate surface area is 111 Å². The van der Waals surface area contributed by atoms with Crippen molar-refractivity contribution in [3.63, 3.8) is 0 Å². The van der Waals surface area contributed by atoms with Gasteiger partial charge in [0.05, 0.1) is 0 Å². The highest BCUT2D eigenvalue weighted by atomic mass is 32.2. The van der Waals surface area contributed by atoms with Crippen molar-refractivity contribution in [2.75, 3.05) is 30.5 Å². The molecular formula is C10H19N3O3S2. The number of aliphatic hydroxyl groups excluding tert-OH is 1. The van der Waals surface area contributed by atoms with Crippen LogP contribution in [0.2, 0.25) is 0 Å². The molecule has 0 atom stereocenters. The van der Waals surface area contributed by atoms with E-state index in [1.54, 1.807) is 0 Å². The third-order valence-corrected chi connectivity index (χ3v) is 4.52. The topological polar surface area (TPSA) is 105 Å². The summed E-state index contributed by atoms with van der Waals surface area (Å²) in [4.78, 5) is 0.0999. The van der Waals surface area contributed by atoms with Crippen molar-refractivity contribution in [2.24, 2.45) is 0 Å². The molecule has 0 fully saturated rings. The first-order chi connectivity index (χ1) is 8.46. The van der Waals surface area contributed by atoms with E-state index < -0.39 is 9.84 Å². The minimum absolute atomic E-state index is 0.0604. The van der Waals surface area contributed by atoms with Crippen molar-refractivity contribution in [3.8, 4) is 0 Å². The van der Waals surface area contributed by atoms with Crippen molar-refractivity contribution in [2.45, 2.75) is 30.6 Å². The second kappa shape index (κ2) is 6.91. The molecule has 4 N–H and O–H groups in total. The maximum atomic E-state index is 11.5. The molecule has 0 bridgehead atoms. The van der Waals surface area contributed by atoms with Crippen LogP contribution < -0.4 is 11.1 Å². The zero-order valence-corrected chi connectivity index (χ0v) is 12.0. The van der Waals surface area contributed by atoms with Gasteiger partial charge < -0.3 is 16.2 Å². The van der Waals surface area contributed by atoms with Gasteiger partial charge in [-0.1, -0.05) is 12.8 Å². The molecule has 0 aliphatic rings. The summed E-state index contributed by atoms with van der Waals surface area (Å²) in [6, 6.07) is 0. The van der Waals surface area contributed by atoms with Gasteiger partial charge in [-0.15, -0.1) is 0 Å². The number of hydrogen-bond donors (Lipinski definition) is 3. The second-order valence-electron chi connectivity index (χ2n) is 4.06. The molecule has 0 aromatic carbocycles. The molecule has 0 aliphatic carbocycles. The Morgan fingerprint density at radius 1 is 1.33 bits per heavy atom. The Morgan fingerprint density at radius 3 is 2.61 bits per heavy atom. The molecule has 6 nitrogen and oxygen atoms in total. The van der Waals surface area contributed by atoms with Gasteiger partial charge in [0.2, 0.25) is 0 Å². The number of rotatable bonds is 8. The number of nitrogen functional groups attached to an aromatic ring is 1. The van der Waals surface area contributed by atoms with E-state index in [1.165, 1.54) is 0 Å². The van der Waals surface area contributed by atoms with Crippen molar-refractivity contribution in [1.29, 1.82) is 0 Å². The molecular weight excluding hydrogens is 274 g/mol. The fourth-order valence-corrected chi connectivity index (χ4v) is 3.65. The van der Waals surface area contributed by atoms with Crippen molar-refractivity contribution < 1.29 is 13.5 Å².